The third kappa shape index (κ3) is 7.81. The monoisotopic (exact) mass is 620 g/mol. The number of nitrogens with zero attached hydrogens (tertiary/aromatic N) is 4. The minimum Gasteiger partial charge on any atom is -0.427 e. The first-order chi connectivity index (χ1) is 19.8. The average molecular weight is 621 g/mol. The van der Waals surface area contributed by atoms with Gasteiger partial charge in [-0.15, -0.1) is 0 Å². The molecule has 0 spiro atoms. The van der Waals surface area contributed by atoms with Crippen molar-refractivity contribution >= 4 is 27.8 Å². The first-order valence-electron chi connectivity index (χ1n) is 13.4. The number of alkyl halides is 4. The Morgan fingerprint density at radius 3 is 2.50 bits per heavy atom. The summed E-state index contributed by atoms with van der Waals surface area (Å²) < 4.78 is 88.5. The Hall–Kier alpha value is -3.15. The minimum absolute atomic E-state index is 0.00427. The van der Waals surface area contributed by atoms with Crippen LogP contribution in [-0.4, -0.2) is 95.8 Å². The summed E-state index contributed by atoms with van der Waals surface area (Å²) in [6.07, 6.45) is -3.70. The summed E-state index contributed by atoms with van der Waals surface area (Å²) in [5.74, 6) is -4.37. The van der Waals surface area contributed by atoms with Crippen molar-refractivity contribution in [3.8, 4) is 11.3 Å². The molecular formula is C25H32F4N6O6S. The number of morpholine rings is 1. The third-order valence-corrected chi connectivity index (χ3v) is 8.84. The maximum absolute atomic E-state index is 13.8. The van der Waals surface area contributed by atoms with Crippen LogP contribution in [0.15, 0.2) is 29.4 Å². The fourth-order valence-electron chi connectivity index (χ4n) is 4.48. The Bertz CT molecular complexity index is 1330. The molecule has 0 unspecified atom stereocenters. The predicted octanol–water partition coefficient (Wildman–Crippen LogP) is 2.87. The van der Waals surface area contributed by atoms with Gasteiger partial charge in [0.15, 0.2) is 0 Å². The number of pyridine rings is 1. The normalized spacial score (nSPS) is 22.8. The molecule has 0 aromatic carbocycles. The van der Waals surface area contributed by atoms with Gasteiger partial charge in [0.2, 0.25) is 21.8 Å². The van der Waals surface area contributed by atoms with E-state index in [1.807, 2.05) is 0 Å². The van der Waals surface area contributed by atoms with E-state index in [2.05, 4.69) is 30.3 Å². The van der Waals surface area contributed by atoms with Crippen LogP contribution in [0, 0.1) is 0 Å². The SMILES string of the molecule is CC[C@H](F)CNc1ncc(-c2ccc(S(=O)(=O)N3CCOCC3)cn2)c(NC2CCC(O)(OC(=O)C(F)(F)F)CC2)n1. The number of hydrogen-bond donors (Lipinski definition) is 3. The number of nitrogens with one attached hydrogen (secondary N) is 2. The number of rotatable bonds is 10. The van der Waals surface area contributed by atoms with Crippen LogP contribution < -0.4 is 10.6 Å². The predicted molar refractivity (Wildman–Crippen MR) is 141 cm³/mol. The quantitative estimate of drug-likeness (QED) is 0.204. The van der Waals surface area contributed by atoms with Crippen molar-refractivity contribution in [1.82, 2.24) is 19.3 Å². The molecule has 3 N–H and O–H groups in total. The molecule has 0 bridgehead atoms. The lowest BCUT2D eigenvalue weighted by Gasteiger charge is -2.36. The van der Waals surface area contributed by atoms with Crippen LogP contribution in [0.1, 0.15) is 39.0 Å². The molecule has 1 atom stereocenters. The van der Waals surface area contributed by atoms with Crippen molar-refractivity contribution < 1.29 is 45.4 Å². The van der Waals surface area contributed by atoms with Crippen molar-refractivity contribution in [1.29, 1.82) is 0 Å². The fourth-order valence-corrected chi connectivity index (χ4v) is 5.83. The summed E-state index contributed by atoms with van der Waals surface area (Å²) >= 11 is 0. The number of esters is 1. The number of ether oxygens (including phenoxy) is 2. The lowest BCUT2D eigenvalue weighted by atomic mass is 9.90. The molecule has 2 aliphatic rings. The zero-order valence-electron chi connectivity index (χ0n) is 22.7. The Morgan fingerprint density at radius 2 is 1.90 bits per heavy atom. The second-order valence-electron chi connectivity index (χ2n) is 9.99. The molecule has 0 amide bonds. The number of carbonyl (C=O) groups excluding carboxylic acids is 1. The second-order valence-corrected chi connectivity index (χ2v) is 11.9. The summed E-state index contributed by atoms with van der Waals surface area (Å²) in [5.41, 5.74) is 0.709. The highest BCUT2D eigenvalue weighted by Crippen LogP contribution is 2.35. The van der Waals surface area contributed by atoms with E-state index in [-0.39, 0.29) is 68.4 Å². The molecule has 2 aromatic rings. The van der Waals surface area contributed by atoms with Crippen LogP contribution in [0.2, 0.25) is 0 Å². The van der Waals surface area contributed by atoms with E-state index in [1.54, 1.807) is 6.92 Å². The largest absolute Gasteiger partial charge is 0.491 e. The number of anilines is 2. The van der Waals surface area contributed by atoms with Crippen LogP contribution >= 0.6 is 0 Å². The van der Waals surface area contributed by atoms with Crippen LogP contribution in [0.5, 0.6) is 0 Å². The molecule has 17 heteroatoms. The smallest absolute Gasteiger partial charge is 0.427 e. The maximum atomic E-state index is 13.8. The van der Waals surface area contributed by atoms with Crippen molar-refractivity contribution in [2.45, 2.75) is 68.1 Å². The molecule has 3 heterocycles. The topological polar surface area (TPSA) is 156 Å². The van der Waals surface area contributed by atoms with E-state index in [9.17, 15) is 35.9 Å². The molecule has 42 heavy (non-hydrogen) atoms. The highest BCUT2D eigenvalue weighted by atomic mass is 32.2. The molecule has 1 aliphatic heterocycles. The zero-order valence-corrected chi connectivity index (χ0v) is 23.5. The zero-order chi connectivity index (χ0) is 30.5. The van der Waals surface area contributed by atoms with E-state index in [1.165, 1.54) is 28.8 Å². The summed E-state index contributed by atoms with van der Waals surface area (Å²) in [6, 6.07) is 2.50. The van der Waals surface area contributed by atoms with Crippen molar-refractivity contribution in [2.24, 2.45) is 0 Å². The van der Waals surface area contributed by atoms with E-state index in [4.69, 9.17) is 4.74 Å². The van der Waals surface area contributed by atoms with Gasteiger partial charge >= 0.3 is 12.1 Å². The Balaban J connectivity index is 1.53. The highest BCUT2D eigenvalue weighted by Gasteiger charge is 2.47. The van der Waals surface area contributed by atoms with Gasteiger partial charge in [0.1, 0.15) is 16.9 Å². The van der Waals surface area contributed by atoms with E-state index >= 15 is 0 Å². The van der Waals surface area contributed by atoms with E-state index in [0.717, 1.165) is 0 Å². The number of aliphatic hydroxyl groups is 1. The van der Waals surface area contributed by atoms with Crippen molar-refractivity contribution in [2.75, 3.05) is 43.5 Å². The maximum Gasteiger partial charge on any atom is 0.491 e. The van der Waals surface area contributed by atoms with Gasteiger partial charge in [-0.1, -0.05) is 6.92 Å². The molecule has 2 aromatic heterocycles. The summed E-state index contributed by atoms with van der Waals surface area (Å²) in [7, 11) is -3.78. The van der Waals surface area contributed by atoms with Crippen LogP contribution in [0.3, 0.4) is 0 Å². The van der Waals surface area contributed by atoms with E-state index < -0.39 is 40.2 Å². The molecule has 2 fully saturated rings. The van der Waals surface area contributed by atoms with Crippen molar-refractivity contribution in [3.05, 3.63) is 24.5 Å². The van der Waals surface area contributed by atoms with Crippen LogP contribution in [0.4, 0.5) is 29.3 Å². The van der Waals surface area contributed by atoms with E-state index in [0.29, 0.717) is 24.5 Å². The van der Waals surface area contributed by atoms with Gasteiger partial charge in [-0.3, -0.25) is 4.98 Å². The summed E-state index contributed by atoms with van der Waals surface area (Å²) in [6.45, 7) is 2.69. The minimum atomic E-state index is -5.23. The Kier molecular flexibility index (Phi) is 9.84. The van der Waals surface area contributed by atoms with Gasteiger partial charge in [-0.05, 0) is 31.4 Å². The Morgan fingerprint density at radius 1 is 1.21 bits per heavy atom. The average Bonchev–Trinajstić information content (AvgIpc) is 2.97. The van der Waals surface area contributed by atoms with Gasteiger partial charge in [0.05, 0.1) is 24.5 Å². The molecule has 1 saturated heterocycles. The number of sulfonamides is 1. The summed E-state index contributed by atoms with van der Waals surface area (Å²) in [4.78, 5) is 24.2. The number of halogens is 4. The van der Waals surface area contributed by atoms with Gasteiger partial charge in [-0.2, -0.15) is 22.5 Å². The lowest BCUT2D eigenvalue weighted by molar-refractivity contribution is -0.255. The molecule has 0 radical (unpaired) electrons. The second kappa shape index (κ2) is 13.0. The summed E-state index contributed by atoms with van der Waals surface area (Å²) in [5, 5.41) is 16.4. The standard InChI is InChI=1S/C25H32F4N6O6S/c1-2-16(26)13-31-23-32-15-19(20-4-3-18(14-30-20)42(38,39)35-9-11-40-12-10-35)21(34-23)33-17-5-7-24(37,8-6-17)41-22(36)25(27,28)29/h3-4,14-17,37H,2,5-13H2,1H3,(H2,31,32,33,34)/t16-,17?,24?/m0/s1. The van der Waals surface area contributed by atoms with Gasteiger partial charge in [0, 0.05) is 50.9 Å². The van der Waals surface area contributed by atoms with Gasteiger partial charge in [0.25, 0.3) is 0 Å². The molecule has 232 valence electrons. The first kappa shape index (κ1) is 31.8. The molecule has 1 saturated carbocycles. The number of aromatic nitrogens is 3. The first-order valence-corrected chi connectivity index (χ1v) is 14.8. The molecule has 4 rings (SSSR count). The number of carbonyl (C=O) groups is 1. The third-order valence-electron chi connectivity index (χ3n) is 6.96. The van der Waals surface area contributed by atoms with Gasteiger partial charge < -0.3 is 25.2 Å². The van der Waals surface area contributed by atoms with Crippen LogP contribution in [0.25, 0.3) is 11.3 Å². The highest BCUT2D eigenvalue weighted by molar-refractivity contribution is 7.89. The fraction of sp³-hybridized carbons (Fsp3) is 0.600. The molecule has 12 nitrogen and oxygen atoms in total. The van der Waals surface area contributed by atoms with Crippen molar-refractivity contribution in [3.63, 3.8) is 0 Å². The van der Waals surface area contributed by atoms with Gasteiger partial charge in [-0.25, -0.2) is 22.6 Å². The molecule has 1 aliphatic carbocycles. The van der Waals surface area contributed by atoms with Crippen LogP contribution in [-0.2, 0) is 24.3 Å². The lowest BCUT2D eigenvalue weighted by Crippen LogP contribution is -2.44. The Labute approximate surface area is 239 Å². The molecular weight excluding hydrogens is 588 g/mol. The number of hydrogen-bond acceptors (Lipinski definition) is 11.